The summed E-state index contributed by atoms with van der Waals surface area (Å²) in [7, 11) is -3.90. The molecule has 4 rings (SSSR count). The fourth-order valence-electron chi connectivity index (χ4n) is 4.32. The number of para-hydroxylation sites is 2. The van der Waals surface area contributed by atoms with E-state index in [4.69, 9.17) is 4.74 Å². The summed E-state index contributed by atoms with van der Waals surface area (Å²) >= 11 is 0. The molecule has 0 aromatic heterocycles. The molecule has 0 bridgehead atoms. The number of carbonyl (C=O) groups is 2. The average molecular weight is 536 g/mol. The van der Waals surface area contributed by atoms with Crippen molar-refractivity contribution in [2.75, 3.05) is 32.7 Å². The Labute approximate surface area is 223 Å². The predicted molar refractivity (Wildman–Crippen MR) is 145 cm³/mol. The van der Waals surface area contributed by atoms with E-state index >= 15 is 0 Å². The van der Waals surface area contributed by atoms with Gasteiger partial charge in [0.25, 0.3) is 5.91 Å². The third-order valence-corrected chi connectivity index (χ3v) is 8.18. The van der Waals surface area contributed by atoms with Crippen LogP contribution in [0.5, 0.6) is 11.5 Å². The van der Waals surface area contributed by atoms with Crippen molar-refractivity contribution in [2.45, 2.75) is 35.5 Å². The number of likely N-dealkylation sites (tertiary alicyclic amines) is 1. The number of hydrogen-bond acceptors (Lipinski definition) is 6. The van der Waals surface area contributed by atoms with Gasteiger partial charge in [0, 0.05) is 12.1 Å². The van der Waals surface area contributed by atoms with Crippen LogP contribution in [0.2, 0.25) is 0 Å². The van der Waals surface area contributed by atoms with Gasteiger partial charge in [0.2, 0.25) is 15.7 Å². The van der Waals surface area contributed by atoms with Crippen molar-refractivity contribution < 1.29 is 22.7 Å². The van der Waals surface area contributed by atoms with E-state index in [1.54, 1.807) is 42.5 Å². The van der Waals surface area contributed by atoms with Gasteiger partial charge in [-0.2, -0.15) is 0 Å². The molecule has 0 spiro atoms. The lowest BCUT2D eigenvalue weighted by atomic mass is 10.1. The molecule has 3 aromatic carbocycles. The van der Waals surface area contributed by atoms with Crippen molar-refractivity contribution in [3.05, 3.63) is 84.4 Å². The van der Waals surface area contributed by atoms with Crippen molar-refractivity contribution in [3.8, 4) is 11.5 Å². The van der Waals surface area contributed by atoms with Crippen molar-refractivity contribution in [1.82, 2.24) is 15.5 Å². The smallest absolute Gasteiger partial charge is 0.251 e. The van der Waals surface area contributed by atoms with Gasteiger partial charge >= 0.3 is 0 Å². The van der Waals surface area contributed by atoms with Gasteiger partial charge in [-0.05, 0) is 87.4 Å². The molecule has 1 aliphatic heterocycles. The summed E-state index contributed by atoms with van der Waals surface area (Å²) in [6.07, 6.45) is 4.64. The molecular weight excluding hydrogens is 502 g/mol. The SMILES string of the molecule is O=C(CNC(=O)c1ccc(S(=O)(=O)c2ccccc2Oc2ccccc2)cc1)NCCCN1CCCCC1. The minimum absolute atomic E-state index is 0.0259. The van der Waals surface area contributed by atoms with Crippen LogP contribution in [0.4, 0.5) is 0 Å². The molecule has 2 N–H and O–H groups in total. The second-order valence-electron chi connectivity index (χ2n) is 9.18. The lowest BCUT2D eigenvalue weighted by molar-refractivity contribution is -0.120. The Kier molecular flexibility index (Phi) is 9.51. The fourth-order valence-corrected chi connectivity index (χ4v) is 5.70. The second-order valence-corrected chi connectivity index (χ2v) is 11.1. The minimum Gasteiger partial charge on any atom is -0.456 e. The Hall–Kier alpha value is -3.69. The summed E-state index contributed by atoms with van der Waals surface area (Å²) in [5, 5.41) is 5.41. The molecule has 0 aliphatic carbocycles. The van der Waals surface area contributed by atoms with E-state index < -0.39 is 15.7 Å². The van der Waals surface area contributed by atoms with E-state index in [-0.39, 0.29) is 33.6 Å². The summed E-state index contributed by atoms with van der Waals surface area (Å²) in [6, 6.07) is 21.0. The first-order chi connectivity index (χ1) is 18.4. The van der Waals surface area contributed by atoms with Crippen molar-refractivity contribution >= 4 is 21.7 Å². The van der Waals surface area contributed by atoms with Gasteiger partial charge in [0.05, 0.1) is 11.4 Å². The highest BCUT2D eigenvalue weighted by Gasteiger charge is 2.23. The summed E-state index contributed by atoms with van der Waals surface area (Å²) in [4.78, 5) is 27.1. The number of hydrogen-bond donors (Lipinski definition) is 2. The maximum absolute atomic E-state index is 13.3. The summed E-state index contributed by atoms with van der Waals surface area (Å²) in [5.41, 5.74) is 0.260. The van der Waals surface area contributed by atoms with Crippen LogP contribution < -0.4 is 15.4 Å². The van der Waals surface area contributed by atoms with Crippen LogP contribution in [0.25, 0.3) is 0 Å². The van der Waals surface area contributed by atoms with E-state index in [0.29, 0.717) is 12.3 Å². The molecule has 0 saturated carbocycles. The van der Waals surface area contributed by atoms with E-state index in [2.05, 4.69) is 15.5 Å². The van der Waals surface area contributed by atoms with Crippen LogP contribution in [0.3, 0.4) is 0 Å². The van der Waals surface area contributed by atoms with Gasteiger partial charge in [-0.3, -0.25) is 9.59 Å². The van der Waals surface area contributed by atoms with Crippen LogP contribution in [0, 0.1) is 0 Å². The molecule has 1 saturated heterocycles. The molecule has 1 aliphatic rings. The molecule has 0 radical (unpaired) electrons. The Morgan fingerprint density at radius 1 is 0.816 bits per heavy atom. The molecule has 38 heavy (non-hydrogen) atoms. The standard InChI is InChI=1S/C29H33N3O5S/c33-28(30-18-9-21-32-19-7-2-8-20-32)22-31-29(34)23-14-16-25(17-15-23)38(35,36)27-13-6-5-12-26(27)37-24-10-3-1-4-11-24/h1,3-6,10-17H,2,7-9,18-22H2,(H,30,33)(H,31,34). The number of benzene rings is 3. The largest absolute Gasteiger partial charge is 0.456 e. The van der Waals surface area contributed by atoms with Crippen LogP contribution in [0.1, 0.15) is 36.0 Å². The van der Waals surface area contributed by atoms with Gasteiger partial charge < -0.3 is 20.3 Å². The molecular formula is C29H33N3O5S. The average Bonchev–Trinajstić information content (AvgIpc) is 2.95. The zero-order chi connectivity index (χ0) is 26.8. The Morgan fingerprint density at radius 2 is 1.50 bits per heavy atom. The van der Waals surface area contributed by atoms with Gasteiger partial charge in [0.15, 0.2) is 0 Å². The molecule has 2 amide bonds. The molecule has 9 heteroatoms. The fraction of sp³-hybridized carbons (Fsp3) is 0.310. The highest BCUT2D eigenvalue weighted by atomic mass is 32.2. The maximum atomic E-state index is 13.3. The van der Waals surface area contributed by atoms with Crippen molar-refractivity contribution in [2.24, 2.45) is 0 Å². The highest BCUT2D eigenvalue weighted by Crippen LogP contribution is 2.32. The zero-order valence-electron chi connectivity index (χ0n) is 21.3. The van der Waals surface area contributed by atoms with E-state index in [1.165, 1.54) is 49.6 Å². The topological polar surface area (TPSA) is 105 Å². The maximum Gasteiger partial charge on any atom is 0.251 e. The minimum atomic E-state index is -3.90. The van der Waals surface area contributed by atoms with E-state index in [9.17, 15) is 18.0 Å². The molecule has 1 fully saturated rings. The molecule has 0 atom stereocenters. The van der Waals surface area contributed by atoms with Crippen molar-refractivity contribution in [1.29, 1.82) is 0 Å². The van der Waals surface area contributed by atoms with Crippen LogP contribution in [-0.4, -0.2) is 57.9 Å². The number of carbonyl (C=O) groups excluding carboxylic acids is 2. The molecule has 8 nitrogen and oxygen atoms in total. The van der Waals surface area contributed by atoms with Gasteiger partial charge in [-0.15, -0.1) is 0 Å². The number of sulfone groups is 1. The number of rotatable bonds is 11. The molecule has 3 aromatic rings. The highest BCUT2D eigenvalue weighted by molar-refractivity contribution is 7.91. The van der Waals surface area contributed by atoms with E-state index in [1.807, 2.05) is 6.07 Å². The number of nitrogens with zero attached hydrogens (tertiary/aromatic N) is 1. The summed E-state index contributed by atoms with van der Waals surface area (Å²) in [5.74, 6) is 0.0205. The van der Waals surface area contributed by atoms with Gasteiger partial charge in [0.1, 0.15) is 16.4 Å². The second kappa shape index (κ2) is 13.2. The van der Waals surface area contributed by atoms with Gasteiger partial charge in [-0.1, -0.05) is 36.8 Å². The first-order valence-electron chi connectivity index (χ1n) is 12.9. The first kappa shape index (κ1) is 27.3. The molecule has 0 unspecified atom stereocenters. The zero-order valence-corrected chi connectivity index (χ0v) is 22.1. The first-order valence-corrected chi connectivity index (χ1v) is 14.4. The van der Waals surface area contributed by atoms with Crippen LogP contribution in [0.15, 0.2) is 88.7 Å². The third-order valence-electron chi connectivity index (χ3n) is 6.37. The molecule has 1 heterocycles. The summed E-state index contributed by atoms with van der Waals surface area (Å²) in [6.45, 7) is 3.63. The van der Waals surface area contributed by atoms with Crippen LogP contribution >= 0.6 is 0 Å². The predicted octanol–water partition coefficient (Wildman–Crippen LogP) is 4.03. The van der Waals surface area contributed by atoms with Crippen molar-refractivity contribution in [3.63, 3.8) is 0 Å². The van der Waals surface area contributed by atoms with E-state index in [0.717, 1.165) is 26.1 Å². The normalized spacial score (nSPS) is 14.0. The number of amides is 2. The monoisotopic (exact) mass is 535 g/mol. The lowest BCUT2D eigenvalue weighted by Crippen LogP contribution is -2.38. The number of ether oxygens (including phenoxy) is 1. The molecule has 200 valence electrons. The number of piperidine rings is 1. The Morgan fingerprint density at radius 3 is 2.24 bits per heavy atom. The third kappa shape index (κ3) is 7.43. The van der Waals surface area contributed by atoms with Crippen LogP contribution in [-0.2, 0) is 14.6 Å². The summed E-state index contributed by atoms with van der Waals surface area (Å²) < 4.78 is 32.5. The Bertz CT molecular complexity index is 1320. The Balaban J connectivity index is 1.30. The number of nitrogens with one attached hydrogen (secondary N) is 2. The lowest BCUT2D eigenvalue weighted by Gasteiger charge is -2.26. The van der Waals surface area contributed by atoms with Gasteiger partial charge in [-0.25, -0.2) is 8.42 Å². The quantitative estimate of drug-likeness (QED) is 0.359.